The van der Waals surface area contributed by atoms with Gasteiger partial charge < -0.3 is 0 Å². The first-order valence-electron chi connectivity index (χ1n) is 6.09. The van der Waals surface area contributed by atoms with Crippen LogP contribution in [0.2, 0.25) is 0 Å². The largest absolute Gasteiger partial charge is 0.292 e. The van der Waals surface area contributed by atoms with Gasteiger partial charge in [-0.25, -0.2) is 4.39 Å². The van der Waals surface area contributed by atoms with Gasteiger partial charge in [-0.05, 0) is 30.2 Å². The highest BCUT2D eigenvalue weighted by Gasteiger charge is 2.28. The summed E-state index contributed by atoms with van der Waals surface area (Å²) in [5, 5.41) is 9.94. The Kier molecular flexibility index (Phi) is 4.33. The molecule has 6 heteroatoms. The topological polar surface area (TPSA) is 60.2 Å². The summed E-state index contributed by atoms with van der Waals surface area (Å²) in [6, 6.07) is 9.51. The van der Waals surface area contributed by atoms with Crippen LogP contribution in [-0.4, -0.2) is 10.7 Å². The van der Waals surface area contributed by atoms with E-state index >= 15 is 0 Å². The van der Waals surface area contributed by atoms with Gasteiger partial charge in [0.2, 0.25) is 0 Å². The SMILES string of the molecule is Cc1cccc([N+](=O)[O-])c1C(=O)C(Cl)c1ccc(F)cc1. The number of rotatable bonds is 4. The number of nitrogens with zero attached hydrogens (tertiary/aromatic N) is 1. The molecule has 1 unspecified atom stereocenters. The summed E-state index contributed by atoms with van der Waals surface area (Å²) in [6.07, 6.45) is 0. The molecule has 2 rings (SSSR count). The minimum Gasteiger partial charge on any atom is -0.292 e. The molecule has 1 atom stereocenters. The molecule has 0 aliphatic carbocycles. The first kappa shape index (κ1) is 15.1. The number of nitro benzene ring substituents is 1. The molecule has 2 aromatic rings. The van der Waals surface area contributed by atoms with Gasteiger partial charge in [-0.3, -0.25) is 14.9 Å². The molecular formula is C15H11ClFNO3. The van der Waals surface area contributed by atoms with Crippen molar-refractivity contribution in [3.63, 3.8) is 0 Å². The fraction of sp³-hybridized carbons (Fsp3) is 0.133. The Morgan fingerprint density at radius 3 is 2.43 bits per heavy atom. The zero-order chi connectivity index (χ0) is 15.6. The maximum Gasteiger partial charge on any atom is 0.280 e. The van der Waals surface area contributed by atoms with E-state index in [1.807, 2.05) is 0 Å². The van der Waals surface area contributed by atoms with Crippen LogP contribution in [0.25, 0.3) is 0 Å². The number of ketones is 1. The molecule has 0 amide bonds. The Labute approximate surface area is 125 Å². The van der Waals surface area contributed by atoms with Gasteiger partial charge in [0, 0.05) is 6.07 Å². The summed E-state index contributed by atoms with van der Waals surface area (Å²) in [5.74, 6) is -1.02. The Bertz CT molecular complexity index is 701. The van der Waals surface area contributed by atoms with Crippen LogP contribution < -0.4 is 0 Å². The van der Waals surface area contributed by atoms with Crippen LogP contribution in [0.1, 0.15) is 26.9 Å². The zero-order valence-corrected chi connectivity index (χ0v) is 11.8. The van der Waals surface area contributed by atoms with E-state index in [0.717, 1.165) is 0 Å². The molecular weight excluding hydrogens is 297 g/mol. The first-order chi connectivity index (χ1) is 9.91. The second-order valence-electron chi connectivity index (χ2n) is 4.50. The lowest BCUT2D eigenvalue weighted by Crippen LogP contribution is -2.12. The summed E-state index contributed by atoms with van der Waals surface area (Å²) >= 11 is 6.10. The standard InChI is InChI=1S/C15H11ClFNO3/c1-9-3-2-4-12(18(20)21)13(9)15(19)14(16)10-5-7-11(17)8-6-10/h2-8,14H,1H3. The number of carbonyl (C=O) groups is 1. The normalized spacial score (nSPS) is 12.0. The van der Waals surface area contributed by atoms with Gasteiger partial charge in [0.1, 0.15) is 16.8 Å². The lowest BCUT2D eigenvalue weighted by atomic mass is 9.97. The van der Waals surface area contributed by atoms with Crippen molar-refractivity contribution in [1.29, 1.82) is 0 Å². The molecule has 0 aliphatic heterocycles. The Balaban J connectivity index is 2.45. The zero-order valence-electron chi connectivity index (χ0n) is 11.0. The molecule has 2 aromatic carbocycles. The van der Waals surface area contributed by atoms with Gasteiger partial charge in [0.05, 0.1) is 4.92 Å². The number of alkyl halides is 1. The van der Waals surface area contributed by atoms with Crippen LogP contribution >= 0.6 is 11.6 Å². The van der Waals surface area contributed by atoms with E-state index in [1.165, 1.54) is 36.4 Å². The van der Waals surface area contributed by atoms with Gasteiger partial charge in [-0.1, -0.05) is 24.3 Å². The van der Waals surface area contributed by atoms with Crippen LogP contribution in [-0.2, 0) is 0 Å². The van der Waals surface area contributed by atoms with Crippen molar-refractivity contribution in [2.24, 2.45) is 0 Å². The molecule has 0 aromatic heterocycles. The monoisotopic (exact) mass is 307 g/mol. The highest BCUT2D eigenvalue weighted by Crippen LogP contribution is 2.31. The van der Waals surface area contributed by atoms with Crippen molar-refractivity contribution in [1.82, 2.24) is 0 Å². The molecule has 0 N–H and O–H groups in total. The van der Waals surface area contributed by atoms with Gasteiger partial charge in [0.25, 0.3) is 5.69 Å². The average Bonchev–Trinajstić information content (AvgIpc) is 2.46. The summed E-state index contributed by atoms with van der Waals surface area (Å²) < 4.78 is 12.9. The fourth-order valence-electron chi connectivity index (χ4n) is 2.03. The van der Waals surface area contributed by atoms with Crippen LogP contribution in [0.4, 0.5) is 10.1 Å². The predicted octanol–water partition coefficient (Wildman–Crippen LogP) is 4.21. The number of carbonyl (C=O) groups excluding carboxylic acids is 1. The number of Topliss-reactive ketones (excluding diaryl/α,β-unsaturated/α-hetero) is 1. The Morgan fingerprint density at radius 1 is 1.24 bits per heavy atom. The Morgan fingerprint density at radius 2 is 1.86 bits per heavy atom. The van der Waals surface area contributed by atoms with E-state index in [0.29, 0.717) is 11.1 Å². The number of hydrogen-bond acceptors (Lipinski definition) is 3. The van der Waals surface area contributed by atoms with E-state index < -0.39 is 21.9 Å². The number of nitro groups is 1. The number of benzene rings is 2. The van der Waals surface area contributed by atoms with E-state index in [2.05, 4.69) is 0 Å². The van der Waals surface area contributed by atoms with Crippen molar-refractivity contribution < 1.29 is 14.1 Å². The van der Waals surface area contributed by atoms with E-state index in [-0.39, 0.29) is 11.3 Å². The summed E-state index contributed by atoms with van der Waals surface area (Å²) in [5.41, 5.74) is 0.558. The van der Waals surface area contributed by atoms with Crippen molar-refractivity contribution >= 4 is 23.1 Å². The van der Waals surface area contributed by atoms with Crippen molar-refractivity contribution in [3.8, 4) is 0 Å². The third-order valence-corrected chi connectivity index (χ3v) is 3.54. The molecule has 4 nitrogen and oxygen atoms in total. The molecule has 0 radical (unpaired) electrons. The van der Waals surface area contributed by atoms with Crippen LogP contribution in [0.3, 0.4) is 0 Å². The third-order valence-electron chi connectivity index (χ3n) is 3.09. The van der Waals surface area contributed by atoms with Crippen molar-refractivity contribution in [3.05, 3.63) is 75.1 Å². The average molecular weight is 308 g/mol. The highest BCUT2D eigenvalue weighted by molar-refractivity contribution is 6.34. The van der Waals surface area contributed by atoms with E-state index in [4.69, 9.17) is 11.6 Å². The fourth-order valence-corrected chi connectivity index (χ4v) is 2.29. The smallest absolute Gasteiger partial charge is 0.280 e. The van der Waals surface area contributed by atoms with Gasteiger partial charge in [-0.15, -0.1) is 11.6 Å². The number of halogens is 2. The molecule has 0 spiro atoms. The van der Waals surface area contributed by atoms with Crippen LogP contribution in [0.15, 0.2) is 42.5 Å². The van der Waals surface area contributed by atoms with Crippen molar-refractivity contribution in [2.75, 3.05) is 0 Å². The molecule has 0 saturated heterocycles. The maximum atomic E-state index is 12.9. The minimum absolute atomic E-state index is 0.0215. The molecule has 0 heterocycles. The molecule has 21 heavy (non-hydrogen) atoms. The lowest BCUT2D eigenvalue weighted by molar-refractivity contribution is -0.385. The number of aryl methyl sites for hydroxylation is 1. The molecule has 0 aliphatic rings. The minimum atomic E-state index is -1.11. The number of hydrogen-bond donors (Lipinski definition) is 0. The maximum absolute atomic E-state index is 12.9. The van der Waals surface area contributed by atoms with E-state index in [1.54, 1.807) is 13.0 Å². The summed E-state index contributed by atoms with van der Waals surface area (Å²) in [4.78, 5) is 22.9. The van der Waals surface area contributed by atoms with Gasteiger partial charge in [-0.2, -0.15) is 0 Å². The summed E-state index contributed by atoms with van der Waals surface area (Å²) in [6.45, 7) is 1.61. The summed E-state index contributed by atoms with van der Waals surface area (Å²) in [7, 11) is 0. The lowest BCUT2D eigenvalue weighted by Gasteiger charge is -2.11. The molecule has 0 fully saturated rings. The van der Waals surface area contributed by atoms with Crippen LogP contribution in [0, 0.1) is 22.9 Å². The van der Waals surface area contributed by atoms with Gasteiger partial charge >= 0.3 is 0 Å². The van der Waals surface area contributed by atoms with Crippen LogP contribution in [0.5, 0.6) is 0 Å². The second-order valence-corrected chi connectivity index (χ2v) is 4.94. The second kappa shape index (κ2) is 6.01. The van der Waals surface area contributed by atoms with Gasteiger partial charge in [0.15, 0.2) is 5.78 Å². The molecule has 0 saturated carbocycles. The third kappa shape index (κ3) is 3.08. The highest BCUT2D eigenvalue weighted by atomic mass is 35.5. The molecule has 108 valence electrons. The first-order valence-corrected chi connectivity index (χ1v) is 6.53. The quantitative estimate of drug-likeness (QED) is 0.368. The van der Waals surface area contributed by atoms with Crippen molar-refractivity contribution in [2.45, 2.75) is 12.3 Å². The predicted molar refractivity (Wildman–Crippen MR) is 77.2 cm³/mol. The van der Waals surface area contributed by atoms with E-state index in [9.17, 15) is 19.3 Å². The molecule has 0 bridgehead atoms. The Hall–Kier alpha value is -2.27.